The maximum absolute atomic E-state index is 2.99. The molecule has 1 aliphatic rings. The molecule has 13 heavy (non-hydrogen) atoms. The van der Waals surface area contributed by atoms with Crippen LogP contribution in [0, 0.1) is 13.5 Å². The number of rotatable bonds is 0. The van der Waals surface area contributed by atoms with Gasteiger partial charge in [0.05, 0.1) is 0 Å². The molecule has 0 amide bonds. The molecule has 0 atom stereocenters. The molecule has 0 heterocycles. The molecular formula is C9H19Cl2PV. The summed E-state index contributed by atoms with van der Waals surface area (Å²) in [4.78, 5) is 0. The van der Waals surface area contributed by atoms with E-state index in [2.05, 4.69) is 32.1 Å². The van der Waals surface area contributed by atoms with Gasteiger partial charge in [-0.2, -0.15) is 6.08 Å². The molecule has 1 rings (SSSR count). The third kappa shape index (κ3) is 43.5. The maximum atomic E-state index is 2.99. The minimum atomic E-state index is 0. The first kappa shape index (κ1) is 29.2. The third-order valence-corrected chi connectivity index (χ3v) is 0.586. The molecule has 0 aliphatic heterocycles. The number of hydrogen-bond donors (Lipinski definition) is 0. The molecule has 1 aliphatic carbocycles. The summed E-state index contributed by atoms with van der Waals surface area (Å²) in [6.07, 6.45) is 10.0. The van der Waals surface area contributed by atoms with Crippen LogP contribution in [0.25, 0.3) is 0 Å². The molecule has 0 bridgehead atoms. The monoisotopic (exact) mass is 279 g/mol. The van der Waals surface area contributed by atoms with E-state index in [1.165, 1.54) is 0 Å². The molecule has 0 aromatic rings. The Kier molecular flexibility index (Phi) is 52.0. The summed E-state index contributed by atoms with van der Waals surface area (Å²) in [6, 6.07) is 0. The van der Waals surface area contributed by atoms with Gasteiger partial charge in [-0.25, -0.2) is 12.2 Å². The van der Waals surface area contributed by atoms with Gasteiger partial charge in [0.15, 0.2) is 0 Å². The van der Waals surface area contributed by atoms with Gasteiger partial charge in [-0.05, 0) is 20.0 Å². The Morgan fingerprint density at radius 2 is 1.54 bits per heavy atom. The Hall–Kier alpha value is 1.07. The van der Waals surface area contributed by atoms with E-state index in [1.54, 1.807) is 0 Å². The first-order chi connectivity index (χ1) is 4.23. The van der Waals surface area contributed by atoms with Gasteiger partial charge in [0.25, 0.3) is 0 Å². The number of hydrogen-bond acceptors (Lipinski definition) is 0. The van der Waals surface area contributed by atoms with Gasteiger partial charge in [0.1, 0.15) is 0 Å². The van der Waals surface area contributed by atoms with Gasteiger partial charge in [-0.3, -0.25) is 6.08 Å². The summed E-state index contributed by atoms with van der Waals surface area (Å²) < 4.78 is 0. The Labute approximate surface area is 109 Å². The van der Waals surface area contributed by atoms with Crippen LogP contribution in [0.5, 0.6) is 0 Å². The SMILES string of the molecule is CP(C)C.Cl.Cl.[C-]1=CC=CC1.[CH3-].[V+2]. The summed E-state index contributed by atoms with van der Waals surface area (Å²) in [7, 11) is 0.380. The van der Waals surface area contributed by atoms with E-state index in [9.17, 15) is 0 Å². The standard InChI is InChI=1S/C5H5.C3H9P.CH3.2ClH.V/c1-2-4-5-3-1;1-4(2)3;;;;/h1-3H,4H2;1-3H3;1H3;2*1H;/q-1;;-1;;;+2. The summed E-state index contributed by atoms with van der Waals surface area (Å²) in [5, 5.41) is 0. The summed E-state index contributed by atoms with van der Waals surface area (Å²) >= 11 is 0. The molecule has 0 unspecified atom stereocenters. The van der Waals surface area contributed by atoms with E-state index in [0.29, 0.717) is 7.92 Å². The molecule has 0 aromatic heterocycles. The van der Waals surface area contributed by atoms with Crippen molar-refractivity contribution in [2.75, 3.05) is 20.0 Å². The van der Waals surface area contributed by atoms with Crippen LogP contribution in [0.4, 0.5) is 0 Å². The molecule has 0 fully saturated rings. The van der Waals surface area contributed by atoms with Crippen molar-refractivity contribution in [2.24, 2.45) is 0 Å². The average Bonchev–Trinajstić information content (AvgIpc) is 2.11. The molecular weight excluding hydrogens is 261 g/mol. The number of halogens is 2. The van der Waals surface area contributed by atoms with Gasteiger partial charge >= 0.3 is 18.6 Å². The minimum absolute atomic E-state index is 0. The largest absolute Gasteiger partial charge is 2.00 e. The van der Waals surface area contributed by atoms with Crippen molar-refractivity contribution in [2.45, 2.75) is 6.42 Å². The third-order valence-electron chi connectivity index (χ3n) is 0.586. The van der Waals surface area contributed by atoms with Gasteiger partial charge < -0.3 is 7.43 Å². The topological polar surface area (TPSA) is 0 Å². The zero-order valence-electron chi connectivity index (χ0n) is 8.65. The molecule has 79 valence electrons. The Morgan fingerprint density at radius 3 is 1.62 bits per heavy atom. The van der Waals surface area contributed by atoms with Crippen LogP contribution < -0.4 is 0 Å². The minimum Gasteiger partial charge on any atom is -0.358 e. The van der Waals surface area contributed by atoms with E-state index in [0.717, 1.165) is 6.42 Å². The van der Waals surface area contributed by atoms with E-state index in [4.69, 9.17) is 0 Å². The fourth-order valence-corrected chi connectivity index (χ4v) is 0.340. The zero-order chi connectivity index (χ0) is 7.11. The summed E-state index contributed by atoms with van der Waals surface area (Å²) in [6.45, 7) is 6.69. The smallest absolute Gasteiger partial charge is 0.358 e. The van der Waals surface area contributed by atoms with E-state index in [1.807, 2.05) is 12.2 Å². The molecule has 0 N–H and O–H groups in total. The predicted octanol–water partition coefficient (Wildman–Crippen LogP) is 3.95. The van der Waals surface area contributed by atoms with Crippen LogP contribution in [0.2, 0.25) is 0 Å². The van der Waals surface area contributed by atoms with Crippen molar-refractivity contribution in [3.8, 4) is 0 Å². The van der Waals surface area contributed by atoms with Gasteiger partial charge in [-0.15, -0.1) is 39.2 Å². The van der Waals surface area contributed by atoms with Gasteiger partial charge in [-0.1, -0.05) is 0 Å². The van der Waals surface area contributed by atoms with Crippen LogP contribution in [0.1, 0.15) is 6.42 Å². The van der Waals surface area contributed by atoms with E-state index < -0.39 is 0 Å². The van der Waals surface area contributed by atoms with Gasteiger partial charge in [0, 0.05) is 0 Å². The van der Waals surface area contributed by atoms with E-state index in [-0.39, 0.29) is 50.8 Å². The molecule has 0 saturated heterocycles. The van der Waals surface area contributed by atoms with E-state index >= 15 is 0 Å². The average molecular weight is 280 g/mol. The van der Waals surface area contributed by atoms with Crippen LogP contribution in [-0.2, 0) is 18.6 Å². The van der Waals surface area contributed by atoms with Crippen LogP contribution in [0.15, 0.2) is 18.2 Å². The Bertz CT molecular complexity index is 101. The van der Waals surface area contributed by atoms with Crippen molar-refractivity contribution < 1.29 is 18.6 Å². The second-order valence-corrected chi connectivity index (χ2v) is 5.03. The normalized spacial score (nSPS) is 9.54. The van der Waals surface area contributed by atoms with Crippen LogP contribution in [-0.4, -0.2) is 20.0 Å². The van der Waals surface area contributed by atoms with Crippen molar-refractivity contribution in [3.05, 3.63) is 31.7 Å². The van der Waals surface area contributed by atoms with Crippen LogP contribution in [0.3, 0.4) is 0 Å². The van der Waals surface area contributed by atoms with Gasteiger partial charge in [0.2, 0.25) is 0 Å². The zero-order valence-corrected chi connectivity index (χ0v) is 12.6. The predicted molar refractivity (Wildman–Crippen MR) is 67.2 cm³/mol. The molecule has 0 aromatic carbocycles. The first-order valence-corrected chi connectivity index (χ1v) is 5.74. The number of allylic oxidation sites excluding steroid dienone is 4. The summed E-state index contributed by atoms with van der Waals surface area (Å²) in [5.41, 5.74) is 0. The quantitative estimate of drug-likeness (QED) is 0.465. The van der Waals surface area contributed by atoms with Crippen molar-refractivity contribution in [1.82, 2.24) is 0 Å². The summed E-state index contributed by atoms with van der Waals surface area (Å²) in [5.74, 6) is 0. The molecule has 0 spiro atoms. The van der Waals surface area contributed by atoms with Crippen molar-refractivity contribution in [3.63, 3.8) is 0 Å². The fourth-order valence-electron chi connectivity index (χ4n) is 0.340. The fraction of sp³-hybridized carbons (Fsp3) is 0.444. The second-order valence-electron chi connectivity index (χ2n) is 2.34. The molecule has 0 nitrogen and oxygen atoms in total. The Morgan fingerprint density at radius 1 is 1.15 bits per heavy atom. The Balaban J connectivity index is -0.0000000256. The molecule has 1 radical (unpaired) electrons. The second kappa shape index (κ2) is 23.1. The molecule has 0 saturated carbocycles. The maximum Gasteiger partial charge on any atom is 2.00 e. The van der Waals surface area contributed by atoms with Crippen molar-refractivity contribution >= 4 is 32.7 Å². The van der Waals surface area contributed by atoms with Crippen LogP contribution >= 0.6 is 32.7 Å². The first-order valence-electron chi connectivity index (χ1n) is 3.06. The van der Waals surface area contributed by atoms with Crippen molar-refractivity contribution in [1.29, 1.82) is 0 Å². The molecule has 4 heteroatoms.